The predicted octanol–water partition coefficient (Wildman–Crippen LogP) is 16.0. The van der Waals surface area contributed by atoms with Crippen LogP contribution in [-0.4, -0.2) is 24.1 Å². The Labute approximate surface area is 393 Å². The zero-order chi connectivity index (χ0) is 45.3. The van der Waals surface area contributed by atoms with Crippen molar-refractivity contribution < 1.29 is 4.42 Å². The summed E-state index contributed by atoms with van der Waals surface area (Å²) in [7, 11) is 0. The highest BCUT2D eigenvalue weighted by Gasteiger charge is 2.21. The van der Waals surface area contributed by atoms with Crippen LogP contribution >= 0.6 is 0 Å². The number of para-hydroxylation sites is 4. The van der Waals surface area contributed by atoms with Gasteiger partial charge in [-0.05, 0) is 126 Å². The lowest BCUT2D eigenvalue weighted by Gasteiger charge is -2.19. The van der Waals surface area contributed by atoms with Gasteiger partial charge in [-0.3, -0.25) is 4.57 Å². The van der Waals surface area contributed by atoms with Gasteiger partial charge in [-0.1, -0.05) is 140 Å². The lowest BCUT2D eigenvalue weighted by molar-refractivity contribution is 0.661. The molecule has 1 atom stereocenters. The summed E-state index contributed by atoms with van der Waals surface area (Å²) in [5.74, 6) is 2.15. The first-order valence-corrected chi connectivity index (χ1v) is 23.5. The molecule has 0 aliphatic carbocycles. The molecule has 13 aromatic rings. The van der Waals surface area contributed by atoms with Gasteiger partial charge in [0.15, 0.2) is 11.6 Å². The van der Waals surface area contributed by atoms with Gasteiger partial charge in [0.05, 0.1) is 22.1 Å². The number of nitrogens with zero attached hydrogens (tertiary/aromatic N) is 5. The monoisotopic (exact) mass is 875 g/mol. The first-order chi connectivity index (χ1) is 33.6. The maximum atomic E-state index is 6.35. The van der Waals surface area contributed by atoms with Crippen LogP contribution in [0.25, 0.3) is 111 Å². The second-order valence-electron chi connectivity index (χ2n) is 17.9. The zero-order valence-electron chi connectivity index (χ0n) is 37.8. The van der Waals surface area contributed by atoms with Crippen LogP contribution < -0.4 is 0 Å². The van der Waals surface area contributed by atoms with Crippen molar-refractivity contribution in [2.45, 2.75) is 32.6 Å². The van der Waals surface area contributed by atoms with Crippen molar-refractivity contribution in [3.05, 3.63) is 223 Å². The predicted molar refractivity (Wildman–Crippen MR) is 280 cm³/mol. The minimum Gasteiger partial charge on any atom is -0.456 e. The lowest BCUT2D eigenvalue weighted by Crippen LogP contribution is -2.06. The van der Waals surface area contributed by atoms with Gasteiger partial charge in [0.2, 0.25) is 5.95 Å². The maximum Gasteiger partial charge on any atom is 0.238 e. The van der Waals surface area contributed by atoms with Crippen molar-refractivity contribution in [2.24, 2.45) is 0 Å². The maximum absolute atomic E-state index is 6.35. The number of aromatic nitrogens is 5. The van der Waals surface area contributed by atoms with Crippen molar-refractivity contribution >= 4 is 65.6 Å². The Morgan fingerprint density at radius 2 is 1.01 bits per heavy atom. The van der Waals surface area contributed by atoms with E-state index in [9.17, 15) is 0 Å². The molecule has 1 unspecified atom stereocenters. The minimum atomic E-state index is 0.447. The van der Waals surface area contributed by atoms with Gasteiger partial charge in [-0.25, -0.2) is 4.98 Å². The molecule has 0 amide bonds. The summed E-state index contributed by atoms with van der Waals surface area (Å²) in [6.45, 7) is 4.55. The Hall–Kier alpha value is -8.61. The number of rotatable bonds is 9. The molecular formula is C62H45N5O. The Balaban J connectivity index is 0.935. The van der Waals surface area contributed by atoms with Crippen LogP contribution in [0.2, 0.25) is 0 Å². The number of furan rings is 1. The first-order valence-electron chi connectivity index (χ1n) is 23.5. The quantitative estimate of drug-likeness (QED) is 0.145. The molecule has 0 fully saturated rings. The Kier molecular flexibility index (Phi) is 9.39. The fourth-order valence-electron chi connectivity index (χ4n) is 10.6. The fourth-order valence-corrected chi connectivity index (χ4v) is 10.6. The van der Waals surface area contributed by atoms with E-state index in [4.69, 9.17) is 19.4 Å². The normalized spacial score (nSPS) is 12.3. The van der Waals surface area contributed by atoms with E-state index < -0.39 is 0 Å². The molecule has 68 heavy (non-hydrogen) atoms. The molecule has 6 heteroatoms. The van der Waals surface area contributed by atoms with Crippen molar-refractivity contribution in [3.63, 3.8) is 0 Å². The molecule has 13 rings (SSSR count). The summed E-state index contributed by atoms with van der Waals surface area (Å²) in [5, 5.41) is 6.88. The van der Waals surface area contributed by atoms with E-state index in [1.165, 1.54) is 44.1 Å². The summed E-state index contributed by atoms with van der Waals surface area (Å²) in [6.07, 6.45) is 2.07. The second kappa shape index (κ2) is 16.1. The molecule has 0 aliphatic rings. The van der Waals surface area contributed by atoms with Crippen LogP contribution in [0.3, 0.4) is 0 Å². The minimum absolute atomic E-state index is 0.447. The zero-order valence-corrected chi connectivity index (χ0v) is 37.8. The molecule has 9 aromatic carbocycles. The van der Waals surface area contributed by atoms with Gasteiger partial charge in [0.1, 0.15) is 11.2 Å². The molecule has 0 aliphatic heterocycles. The molecule has 4 aromatic heterocycles. The molecule has 0 N–H and O–H groups in total. The van der Waals surface area contributed by atoms with E-state index in [2.05, 4.69) is 205 Å². The van der Waals surface area contributed by atoms with Crippen LogP contribution in [0, 0.1) is 6.92 Å². The molecule has 324 valence electrons. The van der Waals surface area contributed by atoms with Gasteiger partial charge in [-0.2, -0.15) is 9.97 Å². The topological polar surface area (TPSA) is 61.7 Å². The molecule has 0 saturated carbocycles. The van der Waals surface area contributed by atoms with Crippen molar-refractivity contribution in [1.29, 1.82) is 0 Å². The third kappa shape index (κ3) is 6.51. The average molecular weight is 876 g/mol. The summed E-state index contributed by atoms with van der Waals surface area (Å²) >= 11 is 0. The van der Waals surface area contributed by atoms with E-state index in [-0.39, 0.29) is 0 Å². The summed E-state index contributed by atoms with van der Waals surface area (Å²) in [6, 6.07) is 73.5. The van der Waals surface area contributed by atoms with Crippen LogP contribution in [0.5, 0.6) is 0 Å². The summed E-state index contributed by atoms with van der Waals surface area (Å²) in [5.41, 5.74) is 15.4. The third-order valence-electron chi connectivity index (χ3n) is 14.0. The summed E-state index contributed by atoms with van der Waals surface area (Å²) in [4.78, 5) is 15.7. The molecule has 6 nitrogen and oxygen atoms in total. The van der Waals surface area contributed by atoms with E-state index >= 15 is 0 Å². The molecule has 0 spiro atoms. The van der Waals surface area contributed by atoms with E-state index in [0.717, 1.165) is 78.9 Å². The van der Waals surface area contributed by atoms with Gasteiger partial charge >= 0.3 is 0 Å². The smallest absolute Gasteiger partial charge is 0.238 e. The average Bonchev–Trinajstić information content (AvgIpc) is 4.05. The largest absolute Gasteiger partial charge is 0.456 e. The number of aryl methyl sites for hydroxylation is 1. The van der Waals surface area contributed by atoms with E-state index in [1.807, 2.05) is 24.3 Å². The van der Waals surface area contributed by atoms with Gasteiger partial charge < -0.3 is 8.98 Å². The highest BCUT2D eigenvalue weighted by atomic mass is 16.3. The molecule has 4 heterocycles. The fraction of sp³-hybridized carbons (Fsp3) is 0.0806. The second-order valence-corrected chi connectivity index (χ2v) is 17.9. The molecular weight excluding hydrogens is 831 g/mol. The van der Waals surface area contributed by atoms with Crippen molar-refractivity contribution in [1.82, 2.24) is 24.1 Å². The number of benzene rings is 9. The standard InChI is InChI=1S/C62H45N5O/c1-3-40(41-17-5-4-6-18-41)36-43-19-7-8-20-46(43)52-38-53-49-23-11-13-25-54(49)66(57(53)35-39(52)2)45-32-29-42(30-33-45)60-63-61(44-31-34-51-50-24-12-16-28-58(50)68-59(51)37-44)65-62(64-60)67-55-26-14-9-21-47(55)48-22-10-15-27-56(48)67/h4-35,37-38,40H,3,36H2,1-2H3. The van der Waals surface area contributed by atoms with Crippen molar-refractivity contribution in [3.8, 4) is 45.5 Å². The van der Waals surface area contributed by atoms with E-state index in [1.54, 1.807) is 0 Å². The SMILES string of the molecule is CCC(Cc1ccccc1-c1cc2c3ccccc3n(-c3ccc(-c4nc(-c5ccc6c(c5)oc5ccccc56)nc(-n5c6ccccc6c6ccccc65)n4)cc3)c2cc1C)c1ccccc1. The van der Waals surface area contributed by atoms with Crippen molar-refractivity contribution in [2.75, 3.05) is 0 Å². The summed E-state index contributed by atoms with van der Waals surface area (Å²) < 4.78 is 10.9. The van der Waals surface area contributed by atoms with E-state index in [0.29, 0.717) is 23.5 Å². The van der Waals surface area contributed by atoms with Crippen LogP contribution in [0.1, 0.15) is 36.0 Å². The van der Waals surface area contributed by atoms with Gasteiger partial charge in [0, 0.05) is 49.1 Å². The molecule has 0 saturated heterocycles. The van der Waals surface area contributed by atoms with Gasteiger partial charge in [-0.15, -0.1) is 0 Å². The highest BCUT2D eigenvalue weighted by molar-refractivity contribution is 6.11. The number of fused-ring (bicyclic) bond motifs is 9. The highest BCUT2D eigenvalue weighted by Crippen LogP contribution is 2.40. The Morgan fingerprint density at radius 3 is 1.74 bits per heavy atom. The Bertz CT molecular complexity index is 4010. The number of hydrogen-bond acceptors (Lipinski definition) is 4. The first kappa shape index (κ1) is 39.7. The molecule has 0 radical (unpaired) electrons. The lowest BCUT2D eigenvalue weighted by atomic mass is 9.85. The van der Waals surface area contributed by atoms with Crippen LogP contribution in [-0.2, 0) is 6.42 Å². The third-order valence-corrected chi connectivity index (χ3v) is 14.0. The number of hydrogen-bond donors (Lipinski definition) is 0. The van der Waals surface area contributed by atoms with Crippen LogP contribution in [0.4, 0.5) is 0 Å². The van der Waals surface area contributed by atoms with Crippen LogP contribution in [0.15, 0.2) is 211 Å². The molecule has 0 bridgehead atoms. The van der Waals surface area contributed by atoms with Gasteiger partial charge in [0.25, 0.3) is 0 Å². The Morgan fingerprint density at radius 1 is 0.441 bits per heavy atom.